The highest BCUT2D eigenvalue weighted by Crippen LogP contribution is 2.17. The summed E-state index contributed by atoms with van der Waals surface area (Å²) in [5.74, 6) is 0.753. The Kier molecular flexibility index (Phi) is 4.17. The summed E-state index contributed by atoms with van der Waals surface area (Å²) < 4.78 is 0. The van der Waals surface area contributed by atoms with E-state index in [0.717, 1.165) is 12.4 Å². The number of hydrogen-bond acceptors (Lipinski definition) is 3. The summed E-state index contributed by atoms with van der Waals surface area (Å²) >= 11 is 5.97. The Morgan fingerprint density at radius 3 is 2.86 bits per heavy atom. The molecule has 0 saturated heterocycles. The van der Waals surface area contributed by atoms with E-state index in [0.29, 0.717) is 11.1 Å². The molecule has 1 N–H and O–H groups in total. The van der Waals surface area contributed by atoms with Crippen LogP contribution in [0.25, 0.3) is 0 Å². The van der Waals surface area contributed by atoms with E-state index in [-0.39, 0.29) is 0 Å². The second kappa shape index (κ2) is 5.17. The summed E-state index contributed by atoms with van der Waals surface area (Å²) in [4.78, 5) is 6.28. The number of pyridine rings is 1. The average molecular weight is 214 g/mol. The molecule has 0 aliphatic heterocycles. The van der Waals surface area contributed by atoms with E-state index < -0.39 is 0 Å². The van der Waals surface area contributed by atoms with Gasteiger partial charge >= 0.3 is 0 Å². The maximum absolute atomic E-state index is 5.97. The summed E-state index contributed by atoms with van der Waals surface area (Å²) in [6.07, 6.45) is 1.73. The highest BCUT2D eigenvalue weighted by Gasteiger charge is 2.06. The van der Waals surface area contributed by atoms with Gasteiger partial charge in [-0.2, -0.15) is 0 Å². The van der Waals surface area contributed by atoms with Gasteiger partial charge in [-0.25, -0.2) is 4.98 Å². The third-order valence-electron chi connectivity index (χ3n) is 1.78. The van der Waals surface area contributed by atoms with Crippen LogP contribution < -0.4 is 5.32 Å². The predicted molar refractivity (Wildman–Crippen MR) is 60.9 cm³/mol. The molecule has 0 aliphatic carbocycles. The largest absolute Gasteiger partial charge is 0.365 e. The standard InChI is InChI=1S/C10H16ClN3/c1-8(7-14(2)3)13-10-9(11)5-4-6-12-10/h4-6,8H,7H2,1-3H3,(H,12,13). The number of aromatic nitrogens is 1. The molecule has 4 heteroatoms. The van der Waals surface area contributed by atoms with Crippen molar-refractivity contribution in [3.05, 3.63) is 23.4 Å². The summed E-state index contributed by atoms with van der Waals surface area (Å²) in [5.41, 5.74) is 0. The van der Waals surface area contributed by atoms with Crippen LogP contribution in [0.4, 0.5) is 5.82 Å². The second-order valence-corrected chi connectivity index (χ2v) is 4.05. The number of nitrogens with one attached hydrogen (secondary N) is 1. The molecule has 1 heterocycles. The molecule has 0 amide bonds. The molecule has 0 radical (unpaired) electrons. The molecule has 0 bridgehead atoms. The quantitative estimate of drug-likeness (QED) is 0.831. The normalized spacial score (nSPS) is 12.9. The van der Waals surface area contributed by atoms with Crippen LogP contribution >= 0.6 is 11.6 Å². The number of likely N-dealkylation sites (N-methyl/N-ethyl adjacent to an activating group) is 1. The molecule has 14 heavy (non-hydrogen) atoms. The fourth-order valence-corrected chi connectivity index (χ4v) is 1.49. The van der Waals surface area contributed by atoms with Crippen molar-refractivity contribution in [1.82, 2.24) is 9.88 Å². The van der Waals surface area contributed by atoms with Crippen LogP contribution in [-0.2, 0) is 0 Å². The monoisotopic (exact) mass is 213 g/mol. The molecule has 0 saturated carbocycles. The van der Waals surface area contributed by atoms with Crippen molar-refractivity contribution in [1.29, 1.82) is 0 Å². The van der Waals surface area contributed by atoms with E-state index >= 15 is 0 Å². The van der Waals surface area contributed by atoms with E-state index in [1.165, 1.54) is 0 Å². The highest BCUT2D eigenvalue weighted by atomic mass is 35.5. The summed E-state index contributed by atoms with van der Waals surface area (Å²) in [6.45, 7) is 3.05. The van der Waals surface area contributed by atoms with Crippen LogP contribution in [0.2, 0.25) is 5.02 Å². The fourth-order valence-electron chi connectivity index (χ4n) is 1.32. The molecule has 1 rings (SSSR count). The topological polar surface area (TPSA) is 28.2 Å². The Balaban J connectivity index is 2.56. The average Bonchev–Trinajstić information content (AvgIpc) is 2.07. The summed E-state index contributed by atoms with van der Waals surface area (Å²) in [6, 6.07) is 3.99. The van der Waals surface area contributed by atoms with E-state index in [1.54, 1.807) is 6.20 Å². The number of rotatable bonds is 4. The lowest BCUT2D eigenvalue weighted by Crippen LogP contribution is -2.30. The van der Waals surface area contributed by atoms with E-state index in [4.69, 9.17) is 11.6 Å². The fraction of sp³-hybridized carbons (Fsp3) is 0.500. The molecule has 1 unspecified atom stereocenters. The van der Waals surface area contributed by atoms with Gasteiger partial charge in [0.15, 0.2) is 0 Å². The minimum Gasteiger partial charge on any atom is -0.365 e. The Morgan fingerprint density at radius 1 is 1.57 bits per heavy atom. The minimum absolute atomic E-state index is 0.331. The molecule has 0 aliphatic rings. The van der Waals surface area contributed by atoms with Crippen molar-refractivity contribution >= 4 is 17.4 Å². The van der Waals surface area contributed by atoms with Crippen molar-refractivity contribution in [2.45, 2.75) is 13.0 Å². The highest BCUT2D eigenvalue weighted by molar-refractivity contribution is 6.32. The molecule has 1 aromatic rings. The molecule has 3 nitrogen and oxygen atoms in total. The van der Waals surface area contributed by atoms with Gasteiger partial charge in [-0.05, 0) is 33.2 Å². The van der Waals surface area contributed by atoms with E-state index in [9.17, 15) is 0 Å². The van der Waals surface area contributed by atoms with Crippen molar-refractivity contribution in [2.75, 3.05) is 26.0 Å². The SMILES string of the molecule is CC(CN(C)C)Nc1ncccc1Cl. The van der Waals surface area contributed by atoms with Crippen molar-refractivity contribution < 1.29 is 0 Å². The third-order valence-corrected chi connectivity index (χ3v) is 2.09. The van der Waals surface area contributed by atoms with Crippen LogP contribution in [0.5, 0.6) is 0 Å². The Labute approximate surface area is 90.1 Å². The van der Waals surface area contributed by atoms with Gasteiger partial charge in [0.25, 0.3) is 0 Å². The molecule has 78 valence electrons. The van der Waals surface area contributed by atoms with Gasteiger partial charge in [-0.3, -0.25) is 0 Å². The first-order valence-electron chi connectivity index (χ1n) is 4.61. The van der Waals surface area contributed by atoms with Crippen molar-refractivity contribution in [2.24, 2.45) is 0 Å². The zero-order valence-electron chi connectivity index (χ0n) is 8.79. The third kappa shape index (κ3) is 3.52. The van der Waals surface area contributed by atoms with Gasteiger partial charge in [-0.15, -0.1) is 0 Å². The molecule has 0 spiro atoms. The lowest BCUT2D eigenvalue weighted by molar-refractivity contribution is 0.392. The molecular formula is C10H16ClN3. The van der Waals surface area contributed by atoms with Crippen molar-refractivity contribution in [3.63, 3.8) is 0 Å². The molecular weight excluding hydrogens is 198 g/mol. The van der Waals surface area contributed by atoms with E-state index in [2.05, 4.69) is 22.1 Å². The predicted octanol–water partition coefficient (Wildman–Crippen LogP) is 2.10. The van der Waals surface area contributed by atoms with Crippen LogP contribution in [0, 0.1) is 0 Å². The number of anilines is 1. The van der Waals surface area contributed by atoms with Crippen LogP contribution in [0.1, 0.15) is 6.92 Å². The minimum atomic E-state index is 0.331. The maximum atomic E-state index is 5.97. The number of hydrogen-bond donors (Lipinski definition) is 1. The number of halogens is 1. The van der Waals surface area contributed by atoms with E-state index in [1.807, 2.05) is 26.2 Å². The van der Waals surface area contributed by atoms with Crippen molar-refractivity contribution in [3.8, 4) is 0 Å². The summed E-state index contributed by atoms with van der Waals surface area (Å²) in [7, 11) is 4.08. The van der Waals surface area contributed by atoms with Crippen LogP contribution in [0.3, 0.4) is 0 Å². The molecule has 1 aromatic heterocycles. The van der Waals surface area contributed by atoms with Crippen LogP contribution in [-0.4, -0.2) is 36.6 Å². The lowest BCUT2D eigenvalue weighted by Gasteiger charge is -2.19. The summed E-state index contributed by atoms with van der Waals surface area (Å²) in [5, 5.41) is 3.92. The van der Waals surface area contributed by atoms with Gasteiger partial charge < -0.3 is 10.2 Å². The van der Waals surface area contributed by atoms with Gasteiger partial charge in [-0.1, -0.05) is 11.6 Å². The van der Waals surface area contributed by atoms with Gasteiger partial charge in [0, 0.05) is 18.8 Å². The molecule has 0 fully saturated rings. The second-order valence-electron chi connectivity index (χ2n) is 3.64. The van der Waals surface area contributed by atoms with Gasteiger partial charge in [0.05, 0.1) is 5.02 Å². The first kappa shape index (κ1) is 11.3. The first-order valence-corrected chi connectivity index (χ1v) is 4.99. The Hall–Kier alpha value is -0.800. The Morgan fingerprint density at radius 2 is 2.29 bits per heavy atom. The lowest BCUT2D eigenvalue weighted by atomic mass is 10.3. The number of nitrogens with zero attached hydrogens (tertiary/aromatic N) is 2. The van der Waals surface area contributed by atoms with Gasteiger partial charge in [0.1, 0.15) is 5.82 Å². The first-order chi connectivity index (χ1) is 6.59. The Bertz CT molecular complexity index is 288. The molecule has 1 atom stereocenters. The zero-order chi connectivity index (χ0) is 10.6. The smallest absolute Gasteiger partial charge is 0.144 e. The van der Waals surface area contributed by atoms with Gasteiger partial charge in [0.2, 0.25) is 0 Å². The maximum Gasteiger partial charge on any atom is 0.144 e. The zero-order valence-corrected chi connectivity index (χ0v) is 9.54. The van der Waals surface area contributed by atoms with Crippen LogP contribution in [0.15, 0.2) is 18.3 Å². The molecule has 0 aromatic carbocycles.